The van der Waals surface area contributed by atoms with E-state index in [9.17, 15) is 4.79 Å². The second kappa shape index (κ2) is 3.70. The van der Waals surface area contributed by atoms with Gasteiger partial charge in [0.05, 0.1) is 6.04 Å². The molecule has 1 aromatic rings. The van der Waals surface area contributed by atoms with Gasteiger partial charge in [-0.3, -0.25) is 4.79 Å². The first-order chi connectivity index (χ1) is 7.86. The number of carbonyl (C=O) groups is 1. The van der Waals surface area contributed by atoms with E-state index in [4.69, 9.17) is 0 Å². The summed E-state index contributed by atoms with van der Waals surface area (Å²) >= 11 is 0. The highest BCUT2D eigenvalue weighted by atomic mass is 16.2. The highest BCUT2D eigenvalue weighted by molar-refractivity contribution is 5.91. The van der Waals surface area contributed by atoms with Gasteiger partial charge in [-0.2, -0.15) is 0 Å². The Bertz CT molecular complexity index is 429. The van der Waals surface area contributed by atoms with Gasteiger partial charge in [-0.25, -0.2) is 9.97 Å². The highest BCUT2D eigenvalue weighted by Gasteiger charge is 2.38. The SMILES string of the molecule is O=C(c1ncccn1)N1C2C=CCC1CC2. The molecule has 0 spiro atoms. The lowest BCUT2D eigenvalue weighted by atomic mass is 10.1. The summed E-state index contributed by atoms with van der Waals surface area (Å²) in [6.07, 6.45) is 10.7. The van der Waals surface area contributed by atoms with Gasteiger partial charge >= 0.3 is 0 Å². The van der Waals surface area contributed by atoms with Crippen molar-refractivity contribution in [3.63, 3.8) is 0 Å². The van der Waals surface area contributed by atoms with E-state index in [0.717, 1.165) is 19.3 Å². The number of hydrogen-bond donors (Lipinski definition) is 0. The number of fused-ring (bicyclic) bond motifs is 2. The quantitative estimate of drug-likeness (QED) is 0.665. The maximum Gasteiger partial charge on any atom is 0.292 e. The lowest BCUT2D eigenvalue weighted by Crippen LogP contribution is -2.42. The normalized spacial score (nSPS) is 27.1. The van der Waals surface area contributed by atoms with E-state index >= 15 is 0 Å². The van der Waals surface area contributed by atoms with Crippen molar-refractivity contribution < 1.29 is 4.79 Å². The van der Waals surface area contributed by atoms with Crippen molar-refractivity contribution in [3.8, 4) is 0 Å². The summed E-state index contributed by atoms with van der Waals surface area (Å²) in [6, 6.07) is 2.34. The van der Waals surface area contributed by atoms with Crippen molar-refractivity contribution in [2.75, 3.05) is 0 Å². The van der Waals surface area contributed by atoms with Gasteiger partial charge in [0.25, 0.3) is 5.91 Å². The van der Waals surface area contributed by atoms with E-state index in [2.05, 4.69) is 22.1 Å². The fraction of sp³-hybridized carbons (Fsp3) is 0.417. The van der Waals surface area contributed by atoms with Crippen LogP contribution in [0.5, 0.6) is 0 Å². The topological polar surface area (TPSA) is 46.1 Å². The average molecular weight is 215 g/mol. The Morgan fingerprint density at radius 1 is 1.31 bits per heavy atom. The first kappa shape index (κ1) is 9.51. The van der Waals surface area contributed by atoms with Crippen molar-refractivity contribution in [1.29, 1.82) is 0 Å². The van der Waals surface area contributed by atoms with Crippen LogP contribution in [-0.2, 0) is 0 Å². The Balaban J connectivity index is 1.89. The second-order valence-corrected chi connectivity index (χ2v) is 4.25. The molecule has 2 bridgehead atoms. The predicted molar refractivity (Wildman–Crippen MR) is 58.8 cm³/mol. The van der Waals surface area contributed by atoms with Crippen LogP contribution in [0.15, 0.2) is 30.6 Å². The molecule has 1 aromatic heterocycles. The molecule has 3 heterocycles. The fourth-order valence-electron chi connectivity index (χ4n) is 2.57. The molecule has 0 radical (unpaired) electrons. The number of carbonyl (C=O) groups excluding carboxylic acids is 1. The van der Waals surface area contributed by atoms with Gasteiger partial charge in [-0.05, 0) is 25.3 Å². The summed E-state index contributed by atoms with van der Waals surface area (Å²) in [7, 11) is 0. The van der Waals surface area contributed by atoms with Crippen molar-refractivity contribution in [3.05, 3.63) is 36.4 Å². The largest absolute Gasteiger partial charge is 0.326 e. The van der Waals surface area contributed by atoms with E-state index < -0.39 is 0 Å². The van der Waals surface area contributed by atoms with Crippen LogP contribution in [0.25, 0.3) is 0 Å². The van der Waals surface area contributed by atoms with E-state index in [1.165, 1.54) is 0 Å². The summed E-state index contributed by atoms with van der Waals surface area (Å²) in [5, 5.41) is 0. The Hall–Kier alpha value is -1.71. The number of rotatable bonds is 1. The van der Waals surface area contributed by atoms with Crippen molar-refractivity contribution in [1.82, 2.24) is 14.9 Å². The predicted octanol–water partition coefficient (Wildman–Crippen LogP) is 1.41. The summed E-state index contributed by atoms with van der Waals surface area (Å²) in [4.78, 5) is 22.2. The molecule has 0 aliphatic carbocycles. The van der Waals surface area contributed by atoms with Crippen LogP contribution in [0.3, 0.4) is 0 Å². The molecule has 4 heteroatoms. The van der Waals surface area contributed by atoms with Crippen LogP contribution < -0.4 is 0 Å². The molecule has 0 aromatic carbocycles. The summed E-state index contributed by atoms with van der Waals surface area (Å²) in [6.45, 7) is 0. The maximum absolute atomic E-state index is 12.2. The average Bonchev–Trinajstić information content (AvgIpc) is 2.59. The third kappa shape index (κ3) is 1.41. The number of hydrogen-bond acceptors (Lipinski definition) is 3. The zero-order chi connectivity index (χ0) is 11.0. The summed E-state index contributed by atoms with van der Waals surface area (Å²) < 4.78 is 0. The lowest BCUT2D eigenvalue weighted by molar-refractivity contribution is 0.0676. The van der Waals surface area contributed by atoms with Crippen LogP contribution >= 0.6 is 0 Å². The van der Waals surface area contributed by atoms with Crippen LogP contribution in [0.4, 0.5) is 0 Å². The van der Waals surface area contributed by atoms with Gasteiger partial charge in [0, 0.05) is 18.4 Å². The molecule has 2 atom stereocenters. The molecule has 0 saturated carbocycles. The fourth-order valence-corrected chi connectivity index (χ4v) is 2.57. The van der Waals surface area contributed by atoms with Gasteiger partial charge in [0.2, 0.25) is 5.82 Å². The molecular formula is C12H13N3O. The van der Waals surface area contributed by atoms with Gasteiger partial charge < -0.3 is 4.90 Å². The molecule has 3 rings (SSSR count). The molecule has 1 amide bonds. The van der Waals surface area contributed by atoms with Crippen LogP contribution in [-0.4, -0.2) is 32.9 Å². The standard InChI is InChI=1S/C12H13N3O/c16-12(11-13-7-2-8-14-11)15-9-3-1-4-10(15)6-5-9/h1-3,7-10H,4-6H2. The van der Waals surface area contributed by atoms with Crippen LogP contribution in [0.2, 0.25) is 0 Å². The molecule has 16 heavy (non-hydrogen) atoms. The minimum atomic E-state index is -0.0301. The van der Waals surface area contributed by atoms with Crippen molar-refractivity contribution in [2.24, 2.45) is 0 Å². The van der Waals surface area contributed by atoms with Gasteiger partial charge in [0.1, 0.15) is 0 Å². The summed E-state index contributed by atoms with van der Waals surface area (Å²) in [5.74, 6) is 0.284. The third-order valence-electron chi connectivity index (χ3n) is 3.30. The lowest BCUT2D eigenvalue weighted by Gasteiger charge is -2.30. The van der Waals surface area contributed by atoms with E-state index in [-0.39, 0.29) is 11.9 Å². The highest BCUT2D eigenvalue weighted by Crippen LogP contribution is 2.32. The Morgan fingerprint density at radius 3 is 2.88 bits per heavy atom. The van der Waals surface area contributed by atoms with Crippen molar-refractivity contribution >= 4 is 5.91 Å². The van der Waals surface area contributed by atoms with Gasteiger partial charge in [-0.15, -0.1) is 0 Å². The first-order valence-corrected chi connectivity index (χ1v) is 5.62. The zero-order valence-electron chi connectivity index (χ0n) is 8.91. The molecule has 2 aliphatic heterocycles. The van der Waals surface area contributed by atoms with Gasteiger partial charge in [0.15, 0.2) is 0 Å². The smallest absolute Gasteiger partial charge is 0.292 e. The number of aromatic nitrogens is 2. The molecule has 1 fully saturated rings. The number of nitrogens with zero attached hydrogens (tertiary/aromatic N) is 3. The van der Waals surface area contributed by atoms with Crippen LogP contribution in [0.1, 0.15) is 29.9 Å². The van der Waals surface area contributed by atoms with Gasteiger partial charge in [-0.1, -0.05) is 12.2 Å². The molecule has 1 saturated heterocycles. The van der Waals surface area contributed by atoms with Crippen molar-refractivity contribution in [2.45, 2.75) is 31.3 Å². The molecule has 4 nitrogen and oxygen atoms in total. The monoisotopic (exact) mass is 215 g/mol. The van der Waals surface area contributed by atoms with E-state index in [1.807, 2.05) is 4.90 Å². The molecule has 2 unspecified atom stereocenters. The summed E-state index contributed by atoms with van der Waals surface area (Å²) in [5.41, 5.74) is 0. The number of amides is 1. The Labute approximate surface area is 94.0 Å². The first-order valence-electron chi connectivity index (χ1n) is 5.62. The third-order valence-corrected chi connectivity index (χ3v) is 3.30. The van der Waals surface area contributed by atoms with Crippen LogP contribution in [0, 0.1) is 0 Å². The molecule has 82 valence electrons. The molecular weight excluding hydrogens is 202 g/mol. The minimum Gasteiger partial charge on any atom is -0.326 e. The minimum absolute atomic E-state index is 0.0301. The second-order valence-electron chi connectivity index (χ2n) is 4.25. The zero-order valence-corrected chi connectivity index (χ0v) is 8.91. The molecule has 2 aliphatic rings. The van der Waals surface area contributed by atoms with E-state index in [1.54, 1.807) is 18.5 Å². The molecule has 0 N–H and O–H groups in total. The maximum atomic E-state index is 12.2. The Kier molecular flexibility index (Phi) is 2.20. The van der Waals surface area contributed by atoms with E-state index in [0.29, 0.717) is 11.9 Å². The Morgan fingerprint density at radius 2 is 2.12 bits per heavy atom.